The van der Waals surface area contributed by atoms with Crippen molar-refractivity contribution in [1.82, 2.24) is 0 Å². The fourth-order valence-electron chi connectivity index (χ4n) is 0.125. The Bertz CT molecular complexity index is 47.2. The smallest absolute Gasteiger partial charge is 0.327 e. The lowest BCUT2D eigenvalue weighted by atomic mass is 10.5. The molecule has 0 atom stereocenters. The fourth-order valence-corrected chi connectivity index (χ4v) is 0.374. The van der Waals surface area contributed by atoms with Crippen LogP contribution >= 0.6 is 8.60 Å². The summed E-state index contributed by atoms with van der Waals surface area (Å²) in [5.74, 6) is 0. The molecule has 0 bridgehead atoms. The molecule has 0 radical (unpaired) electrons. The summed E-state index contributed by atoms with van der Waals surface area (Å²) in [6.45, 7) is 3.44. The molecule has 0 unspecified atom stereocenters. The molecule has 0 aromatic carbocycles. The number of hydrogen-bond acceptors (Lipinski definition) is 4. The molecule has 0 heterocycles. The maximum atomic E-state index is 8.07. The van der Waals surface area contributed by atoms with Crippen LogP contribution in [-0.2, 0) is 9.56 Å². The quantitative estimate of drug-likeness (QED) is 0.341. The SMILES string of the molecule is CC(C)OOP(O)O. The maximum absolute atomic E-state index is 8.07. The Labute approximate surface area is 49.0 Å². The lowest BCUT2D eigenvalue weighted by Gasteiger charge is -2.04. The molecule has 0 aliphatic carbocycles. The number of hydrogen-bond donors (Lipinski definition) is 2. The second-order valence-electron chi connectivity index (χ2n) is 1.47. The van der Waals surface area contributed by atoms with E-state index in [4.69, 9.17) is 9.79 Å². The molecular weight excluding hydrogens is 131 g/mol. The van der Waals surface area contributed by atoms with Gasteiger partial charge in [-0.15, -0.1) is 0 Å². The highest BCUT2D eigenvalue weighted by atomic mass is 31.2. The van der Waals surface area contributed by atoms with Gasteiger partial charge in [-0.3, -0.25) is 0 Å². The third kappa shape index (κ3) is 6.27. The van der Waals surface area contributed by atoms with Gasteiger partial charge in [0.25, 0.3) is 0 Å². The molecule has 0 fully saturated rings. The second-order valence-corrected chi connectivity index (χ2v) is 2.13. The molecule has 0 rings (SSSR count). The van der Waals surface area contributed by atoms with E-state index in [1.165, 1.54) is 0 Å². The van der Waals surface area contributed by atoms with Gasteiger partial charge < -0.3 is 9.79 Å². The van der Waals surface area contributed by atoms with Crippen molar-refractivity contribution in [3.8, 4) is 0 Å². The topological polar surface area (TPSA) is 58.9 Å². The zero-order valence-electron chi connectivity index (χ0n) is 4.74. The third-order valence-electron chi connectivity index (χ3n) is 0.302. The van der Waals surface area contributed by atoms with Crippen molar-refractivity contribution < 1.29 is 19.3 Å². The van der Waals surface area contributed by atoms with Crippen LogP contribution in [-0.4, -0.2) is 15.9 Å². The molecule has 0 aromatic rings. The van der Waals surface area contributed by atoms with Crippen LogP contribution in [0.25, 0.3) is 0 Å². The summed E-state index contributed by atoms with van der Waals surface area (Å²) >= 11 is 0. The highest BCUT2D eigenvalue weighted by Gasteiger charge is 2.00. The Morgan fingerprint density at radius 3 is 2.00 bits per heavy atom. The van der Waals surface area contributed by atoms with E-state index in [0.29, 0.717) is 0 Å². The van der Waals surface area contributed by atoms with E-state index < -0.39 is 8.60 Å². The van der Waals surface area contributed by atoms with Gasteiger partial charge in [0.2, 0.25) is 0 Å². The van der Waals surface area contributed by atoms with Crippen LogP contribution in [0.5, 0.6) is 0 Å². The van der Waals surface area contributed by atoms with Crippen molar-refractivity contribution >= 4 is 8.60 Å². The summed E-state index contributed by atoms with van der Waals surface area (Å²) in [5, 5.41) is 0. The molecule has 0 aromatic heterocycles. The molecule has 50 valence electrons. The van der Waals surface area contributed by atoms with Gasteiger partial charge in [-0.2, -0.15) is 4.67 Å². The summed E-state index contributed by atoms with van der Waals surface area (Å²) in [6.07, 6.45) is -0.140. The minimum atomic E-state index is -2.36. The lowest BCUT2D eigenvalue weighted by molar-refractivity contribution is -0.240. The van der Waals surface area contributed by atoms with Crippen LogP contribution in [0.15, 0.2) is 0 Å². The van der Waals surface area contributed by atoms with Crippen LogP contribution < -0.4 is 0 Å². The molecule has 0 aliphatic rings. The third-order valence-corrected chi connectivity index (χ3v) is 0.522. The average molecular weight is 140 g/mol. The zero-order chi connectivity index (χ0) is 6.57. The largest absolute Gasteiger partial charge is 0.357 e. The predicted octanol–water partition coefficient (Wildman–Crippen LogP) is 0.554. The lowest BCUT2D eigenvalue weighted by Crippen LogP contribution is -1.99. The highest BCUT2D eigenvalue weighted by molar-refractivity contribution is 7.39. The van der Waals surface area contributed by atoms with Gasteiger partial charge >= 0.3 is 8.60 Å². The molecule has 4 nitrogen and oxygen atoms in total. The van der Waals surface area contributed by atoms with Crippen molar-refractivity contribution in [2.45, 2.75) is 20.0 Å². The summed E-state index contributed by atoms with van der Waals surface area (Å²) in [7, 11) is -2.36. The van der Waals surface area contributed by atoms with Gasteiger partial charge in [-0.1, -0.05) is 0 Å². The molecule has 0 saturated carbocycles. The minimum absolute atomic E-state index is 0.140. The first-order valence-corrected chi connectivity index (χ1v) is 3.30. The first kappa shape index (κ1) is 8.27. The number of rotatable bonds is 3. The maximum Gasteiger partial charge on any atom is 0.357 e. The van der Waals surface area contributed by atoms with Crippen LogP contribution in [0.3, 0.4) is 0 Å². The molecular formula is C3H9O4P. The molecule has 8 heavy (non-hydrogen) atoms. The van der Waals surface area contributed by atoms with Gasteiger partial charge in [-0.05, 0) is 13.8 Å². The highest BCUT2D eigenvalue weighted by Crippen LogP contribution is 2.24. The molecule has 5 heteroatoms. The van der Waals surface area contributed by atoms with Crippen molar-refractivity contribution in [2.75, 3.05) is 0 Å². The fraction of sp³-hybridized carbons (Fsp3) is 1.00. The van der Waals surface area contributed by atoms with Gasteiger partial charge in [0.1, 0.15) is 0 Å². The van der Waals surface area contributed by atoms with E-state index in [1.54, 1.807) is 13.8 Å². The van der Waals surface area contributed by atoms with Crippen molar-refractivity contribution in [3.05, 3.63) is 0 Å². The minimum Gasteiger partial charge on any atom is -0.327 e. The van der Waals surface area contributed by atoms with E-state index in [1.807, 2.05) is 0 Å². The summed E-state index contributed by atoms with van der Waals surface area (Å²) in [5.41, 5.74) is 0. The van der Waals surface area contributed by atoms with Crippen LogP contribution in [0.2, 0.25) is 0 Å². The Kier molecular flexibility index (Phi) is 4.32. The Morgan fingerprint density at radius 1 is 1.38 bits per heavy atom. The van der Waals surface area contributed by atoms with Crippen molar-refractivity contribution in [3.63, 3.8) is 0 Å². The van der Waals surface area contributed by atoms with E-state index >= 15 is 0 Å². The van der Waals surface area contributed by atoms with Crippen LogP contribution in [0.4, 0.5) is 0 Å². The monoisotopic (exact) mass is 140 g/mol. The Morgan fingerprint density at radius 2 is 1.88 bits per heavy atom. The Balaban J connectivity index is 2.93. The molecule has 0 aliphatic heterocycles. The first-order chi connectivity index (χ1) is 3.63. The second kappa shape index (κ2) is 4.18. The Hall–Kier alpha value is 0.270. The summed E-state index contributed by atoms with van der Waals surface area (Å²) in [6, 6.07) is 0. The van der Waals surface area contributed by atoms with Crippen LogP contribution in [0.1, 0.15) is 13.8 Å². The van der Waals surface area contributed by atoms with Gasteiger partial charge in [0.15, 0.2) is 0 Å². The van der Waals surface area contributed by atoms with Gasteiger partial charge in [-0.25, -0.2) is 4.89 Å². The molecule has 0 saturated heterocycles. The molecule has 0 amide bonds. The van der Waals surface area contributed by atoms with Crippen LogP contribution in [0, 0.1) is 0 Å². The van der Waals surface area contributed by atoms with Crippen molar-refractivity contribution in [2.24, 2.45) is 0 Å². The van der Waals surface area contributed by atoms with Gasteiger partial charge in [0, 0.05) is 0 Å². The van der Waals surface area contributed by atoms with Crippen molar-refractivity contribution in [1.29, 1.82) is 0 Å². The molecule has 0 spiro atoms. The average Bonchev–Trinajstić information content (AvgIpc) is 1.61. The summed E-state index contributed by atoms with van der Waals surface area (Å²) in [4.78, 5) is 20.5. The van der Waals surface area contributed by atoms with Gasteiger partial charge in [0.05, 0.1) is 6.10 Å². The van der Waals surface area contributed by atoms with E-state index in [9.17, 15) is 0 Å². The van der Waals surface area contributed by atoms with E-state index in [-0.39, 0.29) is 6.10 Å². The normalized spacial score (nSPS) is 11.2. The first-order valence-electron chi connectivity index (χ1n) is 2.14. The predicted molar refractivity (Wildman–Crippen MR) is 28.7 cm³/mol. The van der Waals surface area contributed by atoms with E-state index in [0.717, 1.165) is 0 Å². The molecule has 2 N–H and O–H groups in total. The van der Waals surface area contributed by atoms with E-state index in [2.05, 4.69) is 9.56 Å². The summed E-state index contributed by atoms with van der Waals surface area (Å²) < 4.78 is 3.98. The standard InChI is InChI=1S/C3H9O4P/c1-3(2)6-7-8(4)5/h3-5H,1-2H3. The zero-order valence-corrected chi connectivity index (χ0v) is 5.63.